The standard InChI is InChI=1S/C17H12BrNOS/c1-11-19-15(13-8-5-9-14(18)10-13)17(21-11)16(20)12-6-3-2-4-7-12/h2-10H,1H3. The van der Waals surface area contributed by atoms with Crippen molar-refractivity contribution in [1.82, 2.24) is 4.98 Å². The van der Waals surface area contributed by atoms with Crippen LogP contribution >= 0.6 is 27.3 Å². The Morgan fingerprint density at radius 2 is 1.86 bits per heavy atom. The fourth-order valence-corrected chi connectivity index (χ4v) is 3.44. The Hall–Kier alpha value is -1.78. The van der Waals surface area contributed by atoms with Crippen molar-refractivity contribution < 1.29 is 4.79 Å². The maximum Gasteiger partial charge on any atom is 0.205 e. The van der Waals surface area contributed by atoms with Crippen molar-refractivity contribution >= 4 is 33.0 Å². The molecule has 3 aromatic rings. The van der Waals surface area contributed by atoms with E-state index in [1.54, 1.807) is 0 Å². The molecular formula is C17H12BrNOS. The minimum absolute atomic E-state index is 0.0242. The van der Waals surface area contributed by atoms with Gasteiger partial charge in [-0.3, -0.25) is 4.79 Å². The van der Waals surface area contributed by atoms with Crippen LogP contribution in [0.3, 0.4) is 0 Å². The Bertz CT molecular complexity index is 796. The molecule has 1 aromatic heterocycles. The van der Waals surface area contributed by atoms with Crippen molar-refractivity contribution in [3.8, 4) is 11.3 Å². The van der Waals surface area contributed by atoms with E-state index in [2.05, 4.69) is 20.9 Å². The lowest BCUT2D eigenvalue weighted by Gasteiger charge is -2.03. The largest absolute Gasteiger partial charge is 0.288 e. The third-order valence-corrected chi connectivity index (χ3v) is 4.54. The van der Waals surface area contributed by atoms with E-state index in [0.29, 0.717) is 10.4 Å². The van der Waals surface area contributed by atoms with Crippen LogP contribution in [-0.2, 0) is 0 Å². The lowest BCUT2D eigenvalue weighted by atomic mass is 10.1. The molecule has 0 N–H and O–H groups in total. The highest BCUT2D eigenvalue weighted by atomic mass is 79.9. The quantitative estimate of drug-likeness (QED) is 0.609. The summed E-state index contributed by atoms with van der Waals surface area (Å²) >= 11 is 4.91. The highest BCUT2D eigenvalue weighted by Gasteiger charge is 2.19. The van der Waals surface area contributed by atoms with E-state index in [1.165, 1.54) is 11.3 Å². The van der Waals surface area contributed by atoms with E-state index in [0.717, 1.165) is 20.7 Å². The summed E-state index contributed by atoms with van der Waals surface area (Å²) in [6.07, 6.45) is 0. The maximum absolute atomic E-state index is 12.7. The molecule has 4 heteroatoms. The predicted octanol–water partition coefficient (Wildman–Crippen LogP) is 5.11. The van der Waals surface area contributed by atoms with Crippen LogP contribution in [0.4, 0.5) is 0 Å². The summed E-state index contributed by atoms with van der Waals surface area (Å²) < 4.78 is 0.976. The van der Waals surface area contributed by atoms with Crippen LogP contribution in [0.2, 0.25) is 0 Å². The predicted molar refractivity (Wildman–Crippen MR) is 89.9 cm³/mol. The number of hydrogen-bond acceptors (Lipinski definition) is 3. The van der Waals surface area contributed by atoms with Crippen molar-refractivity contribution in [1.29, 1.82) is 0 Å². The fraction of sp³-hybridized carbons (Fsp3) is 0.0588. The van der Waals surface area contributed by atoms with E-state index in [1.807, 2.05) is 61.5 Å². The summed E-state index contributed by atoms with van der Waals surface area (Å²) in [5, 5.41) is 0.893. The van der Waals surface area contributed by atoms with Gasteiger partial charge in [0.25, 0.3) is 0 Å². The molecule has 0 fully saturated rings. The Morgan fingerprint density at radius 3 is 2.57 bits per heavy atom. The zero-order valence-corrected chi connectivity index (χ0v) is 13.7. The van der Waals surface area contributed by atoms with E-state index in [-0.39, 0.29) is 5.78 Å². The Balaban J connectivity index is 2.10. The number of halogens is 1. The molecule has 2 aromatic carbocycles. The van der Waals surface area contributed by atoms with Gasteiger partial charge in [-0.15, -0.1) is 11.3 Å². The molecule has 0 atom stereocenters. The van der Waals surface area contributed by atoms with Crippen LogP contribution in [0, 0.1) is 6.92 Å². The minimum Gasteiger partial charge on any atom is -0.288 e. The summed E-state index contributed by atoms with van der Waals surface area (Å²) in [6.45, 7) is 1.92. The Kier molecular flexibility index (Phi) is 3.99. The van der Waals surface area contributed by atoms with Gasteiger partial charge in [0.05, 0.1) is 10.7 Å². The first-order chi connectivity index (χ1) is 10.1. The summed E-state index contributed by atoms with van der Waals surface area (Å²) in [6, 6.07) is 17.2. The molecule has 0 saturated heterocycles. The number of hydrogen-bond donors (Lipinski definition) is 0. The van der Waals surface area contributed by atoms with Crippen molar-refractivity contribution in [3.63, 3.8) is 0 Å². The van der Waals surface area contributed by atoms with Crippen molar-refractivity contribution in [3.05, 3.63) is 74.5 Å². The number of aromatic nitrogens is 1. The molecule has 0 saturated carbocycles. The smallest absolute Gasteiger partial charge is 0.205 e. The number of carbonyl (C=O) groups is 1. The van der Waals surface area contributed by atoms with Gasteiger partial charge in [0.1, 0.15) is 4.88 Å². The van der Waals surface area contributed by atoms with Crippen LogP contribution < -0.4 is 0 Å². The molecular weight excluding hydrogens is 346 g/mol. The highest BCUT2D eigenvalue weighted by molar-refractivity contribution is 9.10. The summed E-state index contributed by atoms with van der Waals surface area (Å²) in [7, 11) is 0. The first kappa shape index (κ1) is 14.2. The van der Waals surface area contributed by atoms with E-state index < -0.39 is 0 Å². The summed E-state index contributed by atoms with van der Waals surface area (Å²) in [4.78, 5) is 17.9. The maximum atomic E-state index is 12.7. The molecule has 0 aliphatic carbocycles. The topological polar surface area (TPSA) is 30.0 Å². The average molecular weight is 358 g/mol. The van der Waals surface area contributed by atoms with Gasteiger partial charge in [-0.1, -0.05) is 58.4 Å². The SMILES string of the molecule is Cc1nc(-c2cccc(Br)c2)c(C(=O)c2ccccc2)s1. The molecule has 0 spiro atoms. The van der Waals surface area contributed by atoms with Crippen LogP contribution in [0.25, 0.3) is 11.3 Å². The lowest BCUT2D eigenvalue weighted by molar-refractivity contribution is 0.104. The number of rotatable bonds is 3. The second kappa shape index (κ2) is 5.92. The third-order valence-electron chi connectivity index (χ3n) is 3.07. The van der Waals surface area contributed by atoms with Gasteiger partial charge in [0.2, 0.25) is 5.78 Å². The van der Waals surface area contributed by atoms with Crippen LogP contribution in [0.1, 0.15) is 20.2 Å². The van der Waals surface area contributed by atoms with Gasteiger partial charge >= 0.3 is 0 Å². The molecule has 0 aliphatic rings. The van der Waals surface area contributed by atoms with Crippen LogP contribution in [0.5, 0.6) is 0 Å². The second-order valence-corrected chi connectivity index (χ2v) is 6.73. The monoisotopic (exact) mass is 357 g/mol. The first-order valence-electron chi connectivity index (χ1n) is 6.48. The van der Waals surface area contributed by atoms with Gasteiger partial charge < -0.3 is 0 Å². The molecule has 21 heavy (non-hydrogen) atoms. The molecule has 104 valence electrons. The number of carbonyl (C=O) groups excluding carboxylic acids is 1. The number of thiazole rings is 1. The van der Waals surface area contributed by atoms with E-state index in [9.17, 15) is 4.79 Å². The fourth-order valence-electron chi connectivity index (χ4n) is 2.13. The molecule has 0 unspecified atom stereocenters. The zero-order valence-electron chi connectivity index (χ0n) is 11.3. The minimum atomic E-state index is 0.0242. The van der Waals surface area contributed by atoms with Crippen LogP contribution in [-0.4, -0.2) is 10.8 Å². The highest BCUT2D eigenvalue weighted by Crippen LogP contribution is 2.31. The molecule has 0 radical (unpaired) electrons. The summed E-state index contributed by atoms with van der Waals surface area (Å²) in [5.41, 5.74) is 2.40. The van der Waals surface area contributed by atoms with Crippen LogP contribution in [0.15, 0.2) is 59.1 Å². The lowest BCUT2D eigenvalue weighted by Crippen LogP contribution is -2.00. The molecule has 3 rings (SSSR count). The number of benzene rings is 2. The normalized spacial score (nSPS) is 10.6. The van der Waals surface area contributed by atoms with Gasteiger partial charge in [-0.25, -0.2) is 4.98 Å². The number of aryl methyl sites for hydroxylation is 1. The van der Waals surface area contributed by atoms with Gasteiger partial charge in [-0.05, 0) is 19.1 Å². The third kappa shape index (κ3) is 2.96. The van der Waals surface area contributed by atoms with Crippen molar-refractivity contribution in [2.24, 2.45) is 0 Å². The zero-order chi connectivity index (χ0) is 14.8. The molecule has 0 bridgehead atoms. The molecule has 2 nitrogen and oxygen atoms in total. The molecule has 0 aliphatic heterocycles. The number of nitrogens with zero attached hydrogens (tertiary/aromatic N) is 1. The second-order valence-electron chi connectivity index (χ2n) is 4.62. The average Bonchev–Trinajstić information content (AvgIpc) is 2.89. The Labute approximate surface area is 135 Å². The van der Waals surface area contributed by atoms with Crippen molar-refractivity contribution in [2.45, 2.75) is 6.92 Å². The van der Waals surface area contributed by atoms with Crippen molar-refractivity contribution in [2.75, 3.05) is 0 Å². The van der Waals surface area contributed by atoms with Gasteiger partial charge in [0, 0.05) is 15.6 Å². The summed E-state index contributed by atoms with van der Waals surface area (Å²) in [5.74, 6) is 0.0242. The van der Waals surface area contributed by atoms with E-state index >= 15 is 0 Å². The van der Waals surface area contributed by atoms with E-state index in [4.69, 9.17) is 0 Å². The number of ketones is 1. The Morgan fingerprint density at radius 1 is 1.10 bits per heavy atom. The molecule has 1 heterocycles. The van der Waals surface area contributed by atoms with Gasteiger partial charge in [0.15, 0.2) is 0 Å². The van der Waals surface area contributed by atoms with Gasteiger partial charge in [-0.2, -0.15) is 0 Å². The first-order valence-corrected chi connectivity index (χ1v) is 8.09. The molecule has 0 amide bonds.